The van der Waals surface area contributed by atoms with Gasteiger partial charge in [-0.05, 0) is 48.8 Å². The predicted octanol–water partition coefficient (Wildman–Crippen LogP) is 2.59. The highest BCUT2D eigenvalue weighted by Crippen LogP contribution is 2.37. The van der Waals surface area contributed by atoms with Crippen LogP contribution in [0.1, 0.15) is 30.9 Å². The number of carbonyl (C=O) groups excluding carboxylic acids is 1. The third-order valence-electron chi connectivity index (χ3n) is 4.62. The number of hydrogen-bond donors (Lipinski definition) is 1. The number of benzene rings is 1. The molecule has 2 aliphatic heterocycles. The molecule has 0 unspecified atom stereocenters. The molecule has 6 heteroatoms. The summed E-state index contributed by atoms with van der Waals surface area (Å²) in [5.41, 5.74) is 1.10. The summed E-state index contributed by atoms with van der Waals surface area (Å²) in [5.74, 6) is 0.730. The van der Waals surface area contributed by atoms with Crippen LogP contribution in [0, 0.1) is 5.82 Å². The Kier molecular flexibility index (Phi) is 5.56. The van der Waals surface area contributed by atoms with E-state index in [2.05, 4.69) is 10.2 Å². The van der Waals surface area contributed by atoms with Gasteiger partial charge in [0.2, 0.25) is 0 Å². The summed E-state index contributed by atoms with van der Waals surface area (Å²) in [4.78, 5) is 14.7. The average molecular weight is 338 g/mol. The van der Waals surface area contributed by atoms with Gasteiger partial charge in [-0.2, -0.15) is 0 Å². The smallest absolute Gasteiger partial charge is 0.319 e. The summed E-state index contributed by atoms with van der Waals surface area (Å²) in [7, 11) is 1.42. The molecular weight excluding hydrogens is 315 g/mol. The van der Waals surface area contributed by atoms with Crippen molar-refractivity contribution in [2.24, 2.45) is 0 Å². The highest BCUT2D eigenvalue weighted by Gasteiger charge is 2.26. The predicted molar refractivity (Wildman–Crippen MR) is 89.1 cm³/mol. The van der Waals surface area contributed by atoms with Crippen LogP contribution in [0.25, 0.3) is 0 Å². The van der Waals surface area contributed by atoms with E-state index in [9.17, 15) is 9.18 Å². The van der Waals surface area contributed by atoms with Crippen molar-refractivity contribution in [2.75, 3.05) is 32.5 Å². The SMILES string of the molecule is COC(=O)CN1CCC(N[C@@H]2CCSc3ccc(F)cc32)CC1. The maximum atomic E-state index is 13.6. The number of ether oxygens (including phenoxy) is 1. The van der Waals surface area contributed by atoms with Gasteiger partial charge in [-0.25, -0.2) is 4.39 Å². The second-order valence-corrected chi connectivity index (χ2v) is 7.30. The first-order chi connectivity index (χ1) is 11.2. The van der Waals surface area contributed by atoms with E-state index in [1.165, 1.54) is 12.0 Å². The molecule has 0 bridgehead atoms. The van der Waals surface area contributed by atoms with Crippen molar-refractivity contribution in [3.05, 3.63) is 29.6 Å². The number of esters is 1. The zero-order valence-corrected chi connectivity index (χ0v) is 14.2. The van der Waals surface area contributed by atoms with Crippen molar-refractivity contribution in [1.29, 1.82) is 0 Å². The fourth-order valence-electron chi connectivity index (χ4n) is 3.33. The maximum Gasteiger partial charge on any atom is 0.319 e. The van der Waals surface area contributed by atoms with E-state index in [4.69, 9.17) is 4.74 Å². The first kappa shape index (κ1) is 16.7. The molecule has 1 fully saturated rings. The molecule has 0 aliphatic carbocycles. The Labute approximate surface area is 140 Å². The molecule has 2 aliphatic rings. The zero-order chi connectivity index (χ0) is 16.2. The molecular formula is C17H23FN2O2S. The van der Waals surface area contributed by atoms with Crippen LogP contribution in [0.4, 0.5) is 4.39 Å². The molecule has 1 atom stereocenters. The molecule has 1 saturated heterocycles. The summed E-state index contributed by atoms with van der Waals surface area (Å²) in [6.07, 6.45) is 3.04. The van der Waals surface area contributed by atoms with Gasteiger partial charge in [-0.3, -0.25) is 9.69 Å². The Bertz CT molecular complexity index is 562. The van der Waals surface area contributed by atoms with Crippen LogP contribution < -0.4 is 5.32 Å². The molecule has 4 nitrogen and oxygen atoms in total. The van der Waals surface area contributed by atoms with E-state index < -0.39 is 0 Å². The van der Waals surface area contributed by atoms with Gasteiger partial charge < -0.3 is 10.1 Å². The third kappa shape index (κ3) is 4.25. The molecule has 0 aromatic heterocycles. The molecule has 0 amide bonds. The minimum atomic E-state index is -0.176. The Morgan fingerprint density at radius 1 is 1.39 bits per heavy atom. The average Bonchev–Trinajstić information content (AvgIpc) is 2.57. The lowest BCUT2D eigenvalue weighted by atomic mass is 9.98. The van der Waals surface area contributed by atoms with Crippen molar-refractivity contribution in [3.8, 4) is 0 Å². The number of methoxy groups -OCH3 is 1. The van der Waals surface area contributed by atoms with Crippen molar-refractivity contribution >= 4 is 17.7 Å². The number of likely N-dealkylation sites (tertiary alicyclic amines) is 1. The highest BCUT2D eigenvalue weighted by atomic mass is 32.2. The van der Waals surface area contributed by atoms with Gasteiger partial charge in [-0.15, -0.1) is 11.8 Å². The van der Waals surface area contributed by atoms with Crippen LogP contribution in [0.2, 0.25) is 0 Å². The van der Waals surface area contributed by atoms with Gasteiger partial charge in [0, 0.05) is 30.1 Å². The van der Waals surface area contributed by atoms with Crippen LogP contribution in [0.5, 0.6) is 0 Å². The Balaban J connectivity index is 1.56. The summed E-state index contributed by atoms with van der Waals surface area (Å²) in [6.45, 7) is 2.16. The highest BCUT2D eigenvalue weighted by molar-refractivity contribution is 7.99. The van der Waals surface area contributed by atoms with Crippen molar-refractivity contribution in [1.82, 2.24) is 10.2 Å². The lowest BCUT2D eigenvalue weighted by Crippen LogP contribution is -2.45. The topological polar surface area (TPSA) is 41.6 Å². The molecule has 23 heavy (non-hydrogen) atoms. The molecule has 126 valence electrons. The van der Waals surface area contributed by atoms with Crippen molar-refractivity contribution < 1.29 is 13.9 Å². The van der Waals surface area contributed by atoms with E-state index in [0.29, 0.717) is 12.6 Å². The van der Waals surface area contributed by atoms with E-state index in [1.807, 2.05) is 6.07 Å². The molecule has 1 aromatic rings. The van der Waals surface area contributed by atoms with Crippen LogP contribution in [0.15, 0.2) is 23.1 Å². The normalized spacial score (nSPS) is 22.6. The summed E-state index contributed by atoms with van der Waals surface area (Å²) in [5, 5.41) is 3.71. The van der Waals surface area contributed by atoms with Crippen LogP contribution in [-0.4, -0.2) is 49.4 Å². The number of nitrogens with zero attached hydrogens (tertiary/aromatic N) is 1. The number of thioether (sulfide) groups is 1. The lowest BCUT2D eigenvalue weighted by Gasteiger charge is -2.35. The van der Waals surface area contributed by atoms with Gasteiger partial charge in [0.25, 0.3) is 0 Å². The van der Waals surface area contributed by atoms with Crippen molar-refractivity contribution in [3.63, 3.8) is 0 Å². The number of nitrogens with one attached hydrogen (secondary N) is 1. The van der Waals surface area contributed by atoms with E-state index in [0.717, 1.165) is 43.7 Å². The van der Waals surface area contributed by atoms with E-state index in [1.54, 1.807) is 23.9 Å². The van der Waals surface area contributed by atoms with E-state index >= 15 is 0 Å². The fourth-order valence-corrected chi connectivity index (χ4v) is 4.43. The second-order valence-electron chi connectivity index (χ2n) is 6.17. The molecule has 1 N–H and O–H groups in total. The van der Waals surface area contributed by atoms with E-state index in [-0.39, 0.29) is 17.8 Å². The second kappa shape index (κ2) is 7.64. The zero-order valence-electron chi connectivity index (χ0n) is 13.4. The number of fused-ring (bicyclic) bond motifs is 1. The van der Waals surface area contributed by atoms with Crippen molar-refractivity contribution in [2.45, 2.75) is 36.2 Å². The third-order valence-corrected chi connectivity index (χ3v) is 5.74. The van der Waals surface area contributed by atoms with Crippen LogP contribution >= 0.6 is 11.8 Å². The van der Waals surface area contributed by atoms with Gasteiger partial charge in [0.15, 0.2) is 0 Å². The van der Waals surface area contributed by atoms with Crippen LogP contribution in [0.3, 0.4) is 0 Å². The molecule has 1 aromatic carbocycles. The van der Waals surface area contributed by atoms with Gasteiger partial charge in [0.05, 0.1) is 13.7 Å². The van der Waals surface area contributed by atoms with Gasteiger partial charge >= 0.3 is 5.97 Å². The summed E-state index contributed by atoms with van der Waals surface area (Å²) < 4.78 is 18.3. The summed E-state index contributed by atoms with van der Waals surface area (Å²) >= 11 is 1.81. The fraction of sp³-hybridized carbons (Fsp3) is 0.588. The first-order valence-corrected chi connectivity index (χ1v) is 9.11. The van der Waals surface area contributed by atoms with Gasteiger partial charge in [0.1, 0.15) is 5.82 Å². The van der Waals surface area contributed by atoms with Gasteiger partial charge in [-0.1, -0.05) is 0 Å². The molecule has 3 rings (SSSR count). The monoisotopic (exact) mass is 338 g/mol. The number of hydrogen-bond acceptors (Lipinski definition) is 5. The molecule has 0 spiro atoms. The number of halogens is 1. The minimum Gasteiger partial charge on any atom is -0.468 e. The number of piperidine rings is 1. The Hall–Kier alpha value is -1.11. The molecule has 0 saturated carbocycles. The van der Waals surface area contributed by atoms with Crippen LogP contribution in [-0.2, 0) is 9.53 Å². The molecule has 2 heterocycles. The maximum absolute atomic E-state index is 13.6. The Morgan fingerprint density at radius 2 is 2.17 bits per heavy atom. The molecule has 0 radical (unpaired) electrons. The standard InChI is InChI=1S/C17H23FN2O2S/c1-22-17(21)11-20-7-4-13(5-8-20)19-15-6-9-23-16-3-2-12(18)10-14(15)16/h2-3,10,13,15,19H,4-9,11H2,1H3/t15-/m1/s1. The first-order valence-electron chi connectivity index (χ1n) is 8.13. The Morgan fingerprint density at radius 3 is 2.91 bits per heavy atom. The largest absolute Gasteiger partial charge is 0.468 e. The summed E-state index contributed by atoms with van der Waals surface area (Å²) in [6, 6.07) is 5.76. The minimum absolute atomic E-state index is 0.161. The number of rotatable bonds is 4. The number of carbonyl (C=O) groups is 1. The lowest BCUT2D eigenvalue weighted by molar-refractivity contribution is -0.142. The quantitative estimate of drug-likeness (QED) is 0.855.